The maximum atomic E-state index is 11.4. The number of ether oxygens (including phenoxy) is 2. The third-order valence-corrected chi connectivity index (χ3v) is 5.62. The van der Waals surface area contributed by atoms with Crippen molar-refractivity contribution in [3.8, 4) is 5.75 Å². The fourth-order valence-corrected chi connectivity index (χ4v) is 4.36. The normalized spacial score (nSPS) is 28.7. The van der Waals surface area contributed by atoms with Crippen LogP contribution in [0.4, 0.5) is 0 Å². The summed E-state index contributed by atoms with van der Waals surface area (Å²) in [6.07, 6.45) is 1.40. The highest BCUT2D eigenvalue weighted by Crippen LogP contribution is 2.41. The van der Waals surface area contributed by atoms with Crippen LogP contribution in [0.5, 0.6) is 5.75 Å². The molecule has 2 aliphatic heterocycles. The Labute approximate surface area is 155 Å². The summed E-state index contributed by atoms with van der Waals surface area (Å²) in [4.78, 5) is 2.52. The molecule has 2 atom stereocenters. The third kappa shape index (κ3) is 3.50. The van der Waals surface area contributed by atoms with E-state index in [1.807, 2.05) is 37.3 Å². The molecule has 2 fully saturated rings. The Balaban J connectivity index is 1.53. The fourth-order valence-electron chi connectivity index (χ4n) is 4.36. The lowest BCUT2D eigenvalue weighted by molar-refractivity contribution is -0.149. The predicted octanol–water partition coefficient (Wildman–Crippen LogP) is 3.34. The number of hydrogen-bond donors (Lipinski definition) is 1. The highest BCUT2D eigenvalue weighted by Gasteiger charge is 2.46. The van der Waals surface area contributed by atoms with Crippen molar-refractivity contribution in [3.63, 3.8) is 0 Å². The first-order chi connectivity index (χ1) is 12.7. The molecule has 0 aliphatic carbocycles. The molecule has 2 saturated heterocycles. The lowest BCUT2D eigenvalue weighted by Crippen LogP contribution is -2.60. The van der Waals surface area contributed by atoms with Crippen LogP contribution in [0.25, 0.3) is 0 Å². The Morgan fingerprint density at radius 3 is 2.31 bits per heavy atom. The minimum absolute atomic E-state index is 0.235. The molecule has 4 nitrogen and oxygen atoms in total. The molecule has 0 aromatic heterocycles. The highest BCUT2D eigenvalue weighted by atomic mass is 16.5. The maximum absolute atomic E-state index is 11.4. The van der Waals surface area contributed by atoms with Gasteiger partial charge in [0.15, 0.2) is 0 Å². The number of piperidine rings is 1. The van der Waals surface area contributed by atoms with Crippen LogP contribution in [0.15, 0.2) is 54.6 Å². The van der Waals surface area contributed by atoms with E-state index >= 15 is 0 Å². The van der Waals surface area contributed by atoms with Gasteiger partial charge in [0.25, 0.3) is 0 Å². The topological polar surface area (TPSA) is 41.9 Å². The van der Waals surface area contributed by atoms with E-state index < -0.39 is 5.60 Å². The van der Waals surface area contributed by atoms with Crippen LogP contribution in [0.2, 0.25) is 0 Å². The number of fused-ring (bicyclic) bond motifs is 2. The number of aliphatic hydroxyl groups is 1. The number of hydrogen-bond acceptors (Lipinski definition) is 4. The molecule has 0 saturated carbocycles. The summed E-state index contributed by atoms with van der Waals surface area (Å²) in [5.41, 5.74) is 1.50. The average Bonchev–Trinajstić information content (AvgIpc) is 2.64. The van der Waals surface area contributed by atoms with Crippen molar-refractivity contribution in [2.24, 2.45) is 0 Å². The first-order valence-corrected chi connectivity index (χ1v) is 9.51. The van der Waals surface area contributed by atoms with Crippen LogP contribution in [0.1, 0.15) is 30.9 Å². The van der Waals surface area contributed by atoms with E-state index in [-0.39, 0.29) is 12.1 Å². The van der Waals surface area contributed by atoms with E-state index in [0.29, 0.717) is 32.7 Å². The molecule has 0 spiro atoms. The Morgan fingerprint density at radius 1 is 1.04 bits per heavy atom. The van der Waals surface area contributed by atoms with Gasteiger partial charge in [0.2, 0.25) is 0 Å². The van der Waals surface area contributed by atoms with E-state index in [4.69, 9.17) is 9.47 Å². The predicted molar refractivity (Wildman–Crippen MR) is 101 cm³/mol. The fraction of sp³-hybridized carbons (Fsp3) is 0.455. The van der Waals surface area contributed by atoms with Crippen LogP contribution in [-0.2, 0) is 16.9 Å². The van der Waals surface area contributed by atoms with Crippen molar-refractivity contribution in [3.05, 3.63) is 65.7 Å². The van der Waals surface area contributed by atoms with E-state index in [1.54, 1.807) is 0 Å². The largest absolute Gasteiger partial charge is 0.494 e. The summed E-state index contributed by atoms with van der Waals surface area (Å²) >= 11 is 0. The van der Waals surface area contributed by atoms with Crippen molar-refractivity contribution < 1.29 is 14.6 Å². The van der Waals surface area contributed by atoms with Crippen molar-refractivity contribution in [1.29, 1.82) is 0 Å². The number of nitrogens with zero attached hydrogens (tertiary/aromatic N) is 1. The van der Waals surface area contributed by atoms with Gasteiger partial charge in [0.05, 0.1) is 25.4 Å². The number of rotatable bonds is 5. The zero-order valence-electron chi connectivity index (χ0n) is 15.3. The minimum Gasteiger partial charge on any atom is -0.494 e. The zero-order valence-corrected chi connectivity index (χ0v) is 15.3. The van der Waals surface area contributed by atoms with Gasteiger partial charge in [-0.3, -0.25) is 4.90 Å². The molecule has 2 unspecified atom stereocenters. The maximum Gasteiger partial charge on any atom is 0.119 e. The summed E-state index contributed by atoms with van der Waals surface area (Å²) in [5.74, 6) is 0.852. The van der Waals surface area contributed by atoms with E-state index in [9.17, 15) is 5.11 Å². The zero-order chi connectivity index (χ0) is 18.0. The second-order valence-electron chi connectivity index (χ2n) is 7.40. The molecule has 1 N–H and O–H groups in total. The SMILES string of the molecule is CCOc1ccc(C2(O)CC3COCC(C2)N3Cc2ccccc2)cc1. The molecule has 2 aromatic rings. The smallest absolute Gasteiger partial charge is 0.119 e. The molecule has 4 heteroatoms. The lowest BCUT2D eigenvalue weighted by Gasteiger charge is -2.52. The summed E-state index contributed by atoms with van der Waals surface area (Å²) in [6.45, 7) is 4.91. The molecule has 0 amide bonds. The quantitative estimate of drug-likeness (QED) is 0.895. The van der Waals surface area contributed by atoms with E-state index in [2.05, 4.69) is 29.2 Å². The monoisotopic (exact) mass is 353 g/mol. The number of morpholine rings is 1. The Hall–Kier alpha value is -1.88. The average molecular weight is 353 g/mol. The van der Waals surface area contributed by atoms with Gasteiger partial charge in [0, 0.05) is 18.6 Å². The van der Waals surface area contributed by atoms with Crippen molar-refractivity contribution in [2.45, 2.75) is 44.0 Å². The first-order valence-electron chi connectivity index (χ1n) is 9.51. The summed E-state index contributed by atoms with van der Waals surface area (Å²) in [5, 5.41) is 11.4. The van der Waals surface area contributed by atoms with Gasteiger partial charge >= 0.3 is 0 Å². The molecule has 2 bridgehead atoms. The third-order valence-electron chi connectivity index (χ3n) is 5.62. The van der Waals surface area contributed by atoms with Gasteiger partial charge in [-0.05, 0) is 43.0 Å². The summed E-state index contributed by atoms with van der Waals surface area (Å²) in [6, 6.07) is 19.0. The highest BCUT2D eigenvalue weighted by molar-refractivity contribution is 5.32. The van der Waals surface area contributed by atoms with Crippen LogP contribution < -0.4 is 4.74 Å². The van der Waals surface area contributed by atoms with Crippen molar-refractivity contribution >= 4 is 0 Å². The molecular formula is C22H27NO3. The summed E-state index contributed by atoms with van der Waals surface area (Å²) < 4.78 is 11.3. The standard InChI is InChI=1S/C22H27NO3/c1-2-26-21-10-8-18(9-11-21)22(24)12-19-15-25-16-20(13-22)23(19)14-17-6-4-3-5-7-17/h3-11,19-20,24H,2,12-16H2,1H3. The second kappa shape index (κ2) is 7.39. The molecule has 2 aliphatic rings. The van der Waals surface area contributed by atoms with Gasteiger partial charge in [-0.1, -0.05) is 42.5 Å². The van der Waals surface area contributed by atoms with Crippen molar-refractivity contribution in [1.82, 2.24) is 4.90 Å². The molecule has 2 aromatic carbocycles. The molecule has 2 heterocycles. The second-order valence-corrected chi connectivity index (χ2v) is 7.40. The van der Waals surface area contributed by atoms with Gasteiger partial charge in [0.1, 0.15) is 5.75 Å². The lowest BCUT2D eigenvalue weighted by atomic mass is 9.76. The molecule has 138 valence electrons. The Morgan fingerprint density at radius 2 is 1.69 bits per heavy atom. The Bertz CT molecular complexity index is 702. The summed E-state index contributed by atoms with van der Waals surface area (Å²) in [7, 11) is 0. The molecule has 0 radical (unpaired) electrons. The molecule has 4 rings (SSSR count). The van der Waals surface area contributed by atoms with Crippen LogP contribution in [0.3, 0.4) is 0 Å². The van der Waals surface area contributed by atoms with E-state index in [1.165, 1.54) is 5.56 Å². The first kappa shape index (κ1) is 17.5. The van der Waals surface area contributed by atoms with Crippen LogP contribution in [-0.4, -0.2) is 41.9 Å². The minimum atomic E-state index is -0.795. The van der Waals surface area contributed by atoms with Gasteiger partial charge in [-0.2, -0.15) is 0 Å². The Kier molecular flexibility index (Phi) is 4.98. The van der Waals surface area contributed by atoms with Crippen LogP contribution in [0, 0.1) is 0 Å². The number of benzene rings is 2. The van der Waals surface area contributed by atoms with Gasteiger partial charge in [-0.25, -0.2) is 0 Å². The molecule has 26 heavy (non-hydrogen) atoms. The van der Waals surface area contributed by atoms with Crippen molar-refractivity contribution in [2.75, 3.05) is 19.8 Å². The van der Waals surface area contributed by atoms with Gasteiger partial charge in [-0.15, -0.1) is 0 Å². The van der Waals surface area contributed by atoms with Crippen LogP contribution >= 0.6 is 0 Å². The van der Waals surface area contributed by atoms with E-state index in [0.717, 1.165) is 17.9 Å². The van der Waals surface area contributed by atoms with Gasteiger partial charge < -0.3 is 14.6 Å². The molecular weight excluding hydrogens is 326 g/mol.